The van der Waals surface area contributed by atoms with Crippen LogP contribution in [0.15, 0.2) is 15.7 Å². The van der Waals surface area contributed by atoms with Gasteiger partial charge in [-0.3, -0.25) is 0 Å². The number of rotatable bonds is 7. The molecule has 0 aliphatic carbocycles. The highest BCUT2D eigenvalue weighted by atomic mass is 32.2. The molecule has 1 aromatic heterocycles. The van der Waals surface area contributed by atoms with Crippen molar-refractivity contribution in [3.05, 3.63) is 17.0 Å². The molecule has 2 heterocycles. The fourth-order valence-corrected chi connectivity index (χ4v) is 4.38. The van der Waals surface area contributed by atoms with Crippen LogP contribution in [-0.4, -0.2) is 34.2 Å². The number of sulfonamides is 1. The van der Waals surface area contributed by atoms with Gasteiger partial charge in [0.25, 0.3) is 0 Å². The van der Waals surface area contributed by atoms with Crippen molar-refractivity contribution in [1.29, 1.82) is 0 Å². The Morgan fingerprint density at radius 2 is 2.37 bits per heavy atom. The predicted molar refractivity (Wildman–Crippen MR) is 75.9 cm³/mol. The molecule has 1 aliphatic rings. The van der Waals surface area contributed by atoms with Gasteiger partial charge in [0.1, 0.15) is 4.21 Å². The Hall–Kier alpha value is -0.470. The van der Waals surface area contributed by atoms with Crippen molar-refractivity contribution in [2.75, 3.05) is 19.8 Å². The minimum Gasteiger partial charge on any atom is -0.380 e. The zero-order valence-electron chi connectivity index (χ0n) is 11.0. The Morgan fingerprint density at radius 3 is 3.05 bits per heavy atom. The van der Waals surface area contributed by atoms with E-state index in [2.05, 4.69) is 17.0 Å². The first-order valence-corrected chi connectivity index (χ1v) is 8.86. The summed E-state index contributed by atoms with van der Waals surface area (Å²) in [5.74, 6) is 0. The van der Waals surface area contributed by atoms with Gasteiger partial charge in [-0.15, -0.1) is 11.3 Å². The third-order valence-corrected chi connectivity index (χ3v) is 5.91. The van der Waals surface area contributed by atoms with Crippen molar-refractivity contribution in [3.8, 4) is 0 Å². The van der Waals surface area contributed by atoms with Gasteiger partial charge in [-0.2, -0.15) is 0 Å². The van der Waals surface area contributed by atoms with Crippen LogP contribution >= 0.6 is 11.3 Å². The highest BCUT2D eigenvalue weighted by Gasteiger charge is 2.24. The molecule has 2 N–H and O–H groups in total. The topological polar surface area (TPSA) is 67.4 Å². The van der Waals surface area contributed by atoms with Crippen molar-refractivity contribution in [3.63, 3.8) is 0 Å². The molecule has 108 valence electrons. The summed E-state index contributed by atoms with van der Waals surface area (Å²) < 4.78 is 32.6. The molecule has 19 heavy (non-hydrogen) atoms. The van der Waals surface area contributed by atoms with Crippen LogP contribution in [-0.2, 0) is 21.3 Å². The lowest BCUT2D eigenvalue weighted by atomic mass is 10.3. The molecule has 0 aromatic carbocycles. The van der Waals surface area contributed by atoms with Crippen molar-refractivity contribution in [2.24, 2.45) is 0 Å². The van der Waals surface area contributed by atoms with Gasteiger partial charge in [0.05, 0.1) is 6.61 Å². The summed E-state index contributed by atoms with van der Waals surface area (Å²) in [5.41, 5.74) is 1.02. The van der Waals surface area contributed by atoms with Crippen LogP contribution in [0, 0.1) is 0 Å². The first-order chi connectivity index (χ1) is 9.12. The Kier molecular flexibility index (Phi) is 5.35. The summed E-state index contributed by atoms with van der Waals surface area (Å²) in [7, 11) is -3.39. The van der Waals surface area contributed by atoms with Crippen LogP contribution in [0.3, 0.4) is 0 Å². The fraction of sp³-hybridized carbons (Fsp3) is 0.667. The standard InChI is InChI=1S/C12H20N2O3S2/c1-2-4-13-7-10-6-12(18-9-10)19(15,16)14-11-3-5-17-8-11/h6,9,11,13-14H,2-5,7-8H2,1H3. The highest BCUT2D eigenvalue weighted by Crippen LogP contribution is 2.21. The first kappa shape index (κ1) is 14.9. The number of ether oxygens (including phenoxy) is 1. The maximum absolute atomic E-state index is 12.2. The van der Waals surface area contributed by atoms with Gasteiger partial charge in [0.2, 0.25) is 10.0 Å². The Morgan fingerprint density at radius 1 is 1.53 bits per heavy atom. The molecule has 0 bridgehead atoms. The van der Waals surface area contributed by atoms with Crippen LogP contribution in [0.2, 0.25) is 0 Å². The molecule has 7 heteroatoms. The molecule has 0 spiro atoms. The number of nitrogens with one attached hydrogen (secondary N) is 2. The smallest absolute Gasteiger partial charge is 0.250 e. The molecule has 1 fully saturated rings. The minimum atomic E-state index is -3.39. The van der Waals surface area contributed by atoms with Gasteiger partial charge < -0.3 is 10.1 Å². The second kappa shape index (κ2) is 6.81. The number of thiophene rings is 1. The van der Waals surface area contributed by atoms with Crippen LogP contribution in [0.25, 0.3) is 0 Å². The fourth-order valence-electron chi connectivity index (χ4n) is 1.90. The Bertz CT molecular complexity index is 493. The molecule has 1 aromatic rings. The number of hydrogen-bond donors (Lipinski definition) is 2. The third kappa shape index (κ3) is 4.25. The second-order valence-corrected chi connectivity index (χ2v) is 7.48. The average Bonchev–Trinajstić information content (AvgIpc) is 3.00. The van der Waals surface area contributed by atoms with E-state index < -0.39 is 10.0 Å². The van der Waals surface area contributed by atoms with E-state index in [4.69, 9.17) is 4.74 Å². The quantitative estimate of drug-likeness (QED) is 0.746. The van der Waals surface area contributed by atoms with E-state index in [1.807, 2.05) is 5.38 Å². The summed E-state index contributed by atoms with van der Waals surface area (Å²) in [4.78, 5) is 0. The molecule has 1 unspecified atom stereocenters. The second-order valence-electron chi connectivity index (χ2n) is 4.63. The molecular weight excluding hydrogens is 284 g/mol. The highest BCUT2D eigenvalue weighted by molar-refractivity contribution is 7.91. The van der Waals surface area contributed by atoms with E-state index in [0.717, 1.165) is 24.9 Å². The summed E-state index contributed by atoms with van der Waals surface area (Å²) >= 11 is 1.27. The maximum atomic E-state index is 12.2. The summed E-state index contributed by atoms with van der Waals surface area (Å²) in [6.45, 7) is 4.85. The Labute approximate surface area is 118 Å². The lowest BCUT2D eigenvalue weighted by Gasteiger charge is -2.09. The van der Waals surface area contributed by atoms with Gasteiger partial charge in [0.15, 0.2) is 0 Å². The molecule has 0 saturated carbocycles. The van der Waals surface area contributed by atoms with Crippen LogP contribution in [0.5, 0.6) is 0 Å². The van der Waals surface area contributed by atoms with Gasteiger partial charge in [-0.25, -0.2) is 13.1 Å². The normalized spacial score (nSPS) is 19.9. The first-order valence-electron chi connectivity index (χ1n) is 6.50. The summed E-state index contributed by atoms with van der Waals surface area (Å²) in [6, 6.07) is 1.65. The zero-order chi connectivity index (χ0) is 13.7. The van der Waals surface area contributed by atoms with Crippen molar-refractivity contribution in [2.45, 2.75) is 36.6 Å². The average molecular weight is 304 g/mol. The van der Waals surface area contributed by atoms with Gasteiger partial charge in [-0.1, -0.05) is 6.92 Å². The lowest BCUT2D eigenvalue weighted by molar-refractivity contribution is 0.192. The summed E-state index contributed by atoms with van der Waals surface area (Å²) in [5, 5.41) is 5.15. The van der Waals surface area contributed by atoms with Crippen molar-refractivity contribution < 1.29 is 13.2 Å². The van der Waals surface area contributed by atoms with E-state index in [0.29, 0.717) is 24.0 Å². The van der Waals surface area contributed by atoms with E-state index >= 15 is 0 Å². The molecule has 0 amide bonds. The largest absolute Gasteiger partial charge is 0.380 e. The molecule has 2 rings (SSSR count). The molecule has 1 aliphatic heterocycles. The van der Waals surface area contributed by atoms with E-state index in [9.17, 15) is 8.42 Å². The third-order valence-electron chi connectivity index (χ3n) is 2.90. The predicted octanol–water partition coefficient (Wildman–Crippen LogP) is 1.31. The summed E-state index contributed by atoms with van der Waals surface area (Å²) in [6.07, 6.45) is 1.81. The molecular formula is C12H20N2O3S2. The minimum absolute atomic E-state index is 0.0891. The number of hydrogen-bond acceptors (Lipinski definition) is 5. The molecule has 1 saturated heterocycles. The SMILES string of the molecule is CCCNCc1csc(S(=O)(=O)NC2CCOC2)c1. The van der Waals surface area contributed by atoms with Crippen LogP contribution in [0.4, 0.5) is 0 Å². The van der Waals surface area contributed by atoms with Crippen molar-refractivity contribution in [1.82, 2.24) is 10.0 Å². The zero-order valence-corrected chi connectivity index (χ0v) is 12.6. The van der Waals surface area contributed by atoms with Crippen LogP contribution < -0.4 is 10.0 Å². The maximum Gasteiger partial charge on any atom is 0.250 e. The van der Waals surface area contributed by atoms with E-state index in [1.165, 1.54) is 11.3 Å². The van der Waals surface area contributed by atoms with E-state index in [1.54, 1.807) is 6.07 Å². The van der Waals surface area contributed by atoms with Gasteiger partial charge in [-0.05, 0) is 36.4 Å². The molecule has 1 atom stereocenters. The lowest BCUT2D eigenvalue weighted by Crippen LogP contribution is -2.34. The monoisotopic (exact) mass is 304 g/mol. The van der Waals surface area contributed by atoms with Gasteiger partial charge in [0, 0.05) is 19.2 Å². The van der Waals surface area contributed by atoms with Crippen LogP contribution in [0.1, 0.15) is 25.3 Å². The molecule has 0 radical (unpaired) electrons. The Balaban J connectivity index is 1.95. The van der Waals surface area contributed by atoms with E-state index in [-0.39, 0.29) is 6.04 Å². The molecule has 5 nitrogen and oxygen atoms in total. The van der Waals surface area contributed by atoms with Crippen molar-refractivity contribution >= 4 is 21.4 Å². The van der Waals surface area contributed by atoms with Gasteiger partial charge >= 0.3 is 0 Å².